The second-order valence-electron chi connectivity index (χ2n) is 8.84. The van der Waals surface area contributed by atoms with Crippen molar-refractivity contribution in [3.05, 3.63) is 54.3 Å². The minimum Gasteiger partial charge on any atom is -0.467 e. The molecule has 2 heterocycles. The molecule has 3 aliphatic rings. The van der Waals surface area contributed by atoms with Crippen molar-refractivity contribution in [2.75, 3.05) is 13.1 Å². The van der Waals surface area contributed by atoms with Crippen LogP contribution in [0.2, 0.25) is 0 Å². The minimum absolute atomic E-state index is 0.0422. The number of rotatable bonds is 5. The molecule has 1 saturated carbocycles. The Labute approximate surface area is 179 Å². The number of hydrogen-bond donors (Lipinski definition) is 1. The fourth-order valence-corrected chi connectivity index (χ4v) is 6.44. The molecule has 1 N–H and O–H groups in total. The molecule has 0 amide bonds. The third-order valence-corrected chi connectivity index (χ3v) is 8.49. The summed E-state index contributed by atoms with van der Waals surface area (Å²) in [7, 11) is -3.49. The quantitative estimate of drug-likeness (QED) is 0.720. The average Bonchev–Trinajstić information content (AvgIpc) is 3.51. The lowest BCUT2D eigenvalue weighted by Gasteiger charge is -2.30. The number of epoxide rings is 1. The molecular formula is C24H30N2O3S. The molecule has 5 nitrogen and oxygen atoms in total. The Morgan fingerprint density at radius 1 is 0.967 bits per heavy atom. The summed E-state index contributed by atoms with van der Waals surface area (Å²) in [5.74, 6) is 1.21. The van der Waals surface area contributed by atoms with Crippen molar-refractivity contribution in [3.8, 4) is 0 Å². The van der Waals surface area contributed by atoms with E-state index < -0.39 is 10.0 Å². The topological polar surface area (TPSA) is 61.9 Å². The summed E-state index contributed by atoms with van der Waals surface area (Å²) >= 11 is 0. The summed E-state index contributed by atoms with van der Waals surface area (Å²) in [6.07, 6.45) is 10.5. The summed E-state index contributed by atoms with van der Waals surface area (Å²) in [5, 5.41) is 5.61. The molecule has 2 unspecified atom stereocenters. The first kappa shape index (κ1) is 20.0. The van der Waals surface area contributed by atoms with Crippen LogP contribution in [0.5, 0.6) is 0 Å². The summed E-state index contributed by atoms with van der Waals surface area (Å²) < 4.78 is 33.9. The average molecular weight is 427 g/mol. The van der Waals surface area contributed by atoms with Gasteiger partial charge in [0, 0.05) is 19.1 Å². The Kier molecular flexibility index (Phi) is 5.56. The van der Waals surface area contributed by atoms with Crippen molar-refractivity contribution in [2.24, 2.45) is 5.92 Å². The number of sulfonamides is 1. The van der Waals surface area contributed by atoms with E-state index in [0.29, 0.717) is 24.0 Å². The van der Waals surface area contributed by atoms with Crippen LogP contribution >= 0.6 is 0 Å². The van der Waals surface area contributed by atoms with Crippen LogP contribution in [0.15, 0.2) is 59.2 Å². The smallest absolute Gasteiger partial charge is 0.243 e. The summed E-state index contributed by atoms with van der Waals surface area (Å²) in [6.45, 7) is 1.11. The van der Waals surface area contributed by atoms with Crippen molar-refractivity contribution in [1.82, 2.24) is 9.62 Å². The molecule has 30 heavy (non-hydrogen) atoms. The first-order valence-electron chi connectivity index (χ1n) is 11.2. The van der Waals surface area contributed by atoms with Gasteiger partial charge in [-0.25, -0.2) is 8.42 Å². The van der Waals surface area contributed by atoms with Crippen LogP contribution in [-0.2, 0) is 14.8 Å². The minimum atomic E-state index is -3.49. The summed E-state index contributed by atoms with van der Waals surface area (Å²) in [5.41, 5.74) is 0. The van der Waals surface area contributed by atoms with Gasteiger partial charge in [-0.2, -0.15) is 4.31 Å². The van der Waals surface area contributed by atoms with Crippen LogP contribution in [0.25, 0.3) is 10.8 Å². The summed E-state index contributed by atoms with van der Waals surface area (Å²) in [4.78, 5) is 0.383. The zero-order valence-corrected chi connectivity index (χ0v) is 18.1. The van der Waals surface area contributed by atoms with Gasteiger partial charge in [-0.1, -0.05) is 49.6 Å². The third-order valence-electron chi connectivity index (χ3n) is 6.63. The van der Waals surface area contributed by atoms with Crippen LogP contribution in [0, 0.1) is 5.92 Å². The van der Waals surface area contributed by atoms with Crippen molar-refractivity contribution in [3.63, 3.8) is 0 Å². The molecule has 0 aromatic heterocycles. The zero-order chi connectivity index (χ0) is 20.6. The fraction of sp³-hybridized carbons (Fsp3) is 0.500. The fourth-order valence-electron chi connectivity index (χ4n) is 4.87. The van der Waals surface area contributed by atoms with E-state index in [1.165, 1.54) is 32.1 Å². The predicted molar refractivity (Wildman–Crippen MR) is 118 cm³/mol. The van der Waals surface area contributed by atoms with E-state index in [4.69, 9.17) is 4.74 Å². The Balaban J connectivity index is 1.25. The van der Waals surface area contributed by atoms with Crippen molar-refractivity contribution >= 4 is 20.8 Å². The maximum Gasteiger partial charge on any atom is 0.243 e. The van der Waals surface area contributed by atoms with Crippen molar-refractivity contribution in [2.45, 2.75) is 62.1 Å². The van der Waals surface area contributed by atoms with E-state index in [1.54, 1.807) is 16.4 Å². The highest BCUT2D eigenvalue weighted by atomic mass is 32.2. The lowest BCUT2D eigenvalue weighted by molar-refractivity contribution is 0.296. The van der Waals surface area contributed by atoms with E-state index in [2.05, 4.69) is 11.4 Å². The molecule has 0 radical (unpaired) electrons. The second kappa shape index (κ2) is 8.33. The summed E-state index contributed by atoms with van der Waals surface area (Å²) in [6, 6.07) is 13.8. The van der Waals surface area contributed by atoms with Gasteiger partial charge in [0.15, 0.2) is 5.76 Å². The molecule has 2 saturated heterocycles. The van der Waals surface area contributed by atoms with Gasteiger partial charge >= 0.3 is 0 Å². The molecule has 2 aliphatic heterocycles. The Morgan fingerprint density at radius 2 is 1.77 bits per heavy atom. The molecule has 2 aromatic rings. The highest BCUT2D eigenvalue weighted by Gasteiger charge is 2.37. The van der Waals surface area contributed by atoms with Gasteiger partial charge in [0.25, 0.3) is 0 Å². The number of ether oxygens (including phenoxy) is 1. The van der Waals surface area contributed by atoms with E-state index in [-0.39, 0.29) is 12.1 Å². The van der Waals surface area contributed by atoms with Crippen LogP contribution in [0.1, 0.15) is 44.9 Å². The van der Waals surface area contributed by atoms with Gasteiger partial charge in [0.1, 0.15) is 0 Å². The number of benzene rings is 2. The number of nitrogens with zero attached hydrogens (tertiary/aromatic N) is 1. The molecular weight excluding hydrogens is 396 g/mol. The SMILES string of the molecule is O=S(=O)(c1ccc2ccccc2c1)N1CCCC(/C=C2/OC2NC2CCCCC2)C1. The van der Waals surface area contributed by atoms with Gasteiger partial charge in [0.2, 0.25) is 16.3 Å². The Hall–Kier alpha value is -1.89. The van der Waals surface area contributed by atoms with Gasteiger partial charge in [-0.15, -0.1) is 0 Å². The Bertz CT molecular complexity index is 1040. The van der Waals surface area contributed by atoms with E-state index in [0.717, 1.165) is 29.4 Å². The third kappa shape index (κ3) is 4.27. The molecule has 6 heteroatoms. The van der Waals surface area contributed by atoms with Crippen LogP contribution in [0.3, 0.4) is 0 Å². The lowest BCUT2D eigenvalue weighted by Crippen LogP contribution is -2.39. The molecule has 0 spiro atoms. The zero-order valence-electron chi connectivity index (χ0n) is 17.3. The lowest BCUT2D eigenvalue weighted by atomic mass is 9.95. The molecule has 5 rings (SSSR count). The first-order valence-corrected chi connectivity index (χ1v) is 12.7. The standard InChI is InChI=1S/C24H30N2O3S/c27-30(28,22-13-12-19-8-4-5-9-20(19)16-22)26-14-6-7-18(17-26)15-23-24(29-23)25-21-10-2-1-3-11-21/h4-5,8-9,12-13,15-16,18,21,24-25H,1-3,6-7,10-11,14,17H2/b23-15+. The van der Waals surface area contributed by atoms with Gasteiger partial charge in [-0.05, 0) is 60.6 Å². The molecule has 0 bridgehead atoms. The van der Waals surface area contributed by atoms with E-state index in [1.807, 2.05) is 30.3 Å². The highest BCUT2D eigenvalue weighted by molar-refractivity contribution is 7.89. The number of nitrogens with one attached hydrogen (secondary N) is 1. The number of piperidine rings is 1. The molecule has 3 fully saturated rings. The number of fused-ring (bicyclic) bond motifs is 1. The predicted octanol–water partition coefficient (Wildman–Crippen LogP) is 4.40. The monoisotopic (exact) mass is 426 g/mol. The normalized spacial score (nSPS) is 27.3. The maximum absolute atomic E-state index is 13.3. The van der Waals surface area contributed by atoms with E-state index in [9.17, 15) is 8.42 Å². The highest BCUT2D eigenvalue weighted by Crippen LogP contribution is 2.32. The molecule has 2 atom stereocenters. The van der Waals surface area contributed by atoms with Gasteiger partial charge in [-0.3, -0.25) is 5.32 Å². The van der Waals surface area contributed by atoms with E-state index >= 15 is 0 Å². The Morgan fingerprint density at radius 3 is 2.60 bits per heavy atom. The van der Waals surface area contributed by atoms with Gasteiger partial charge < -0.3 is 4.74 Å². The molecule has 2 aromatic carbocycles. The number of hydrogen-bond acceptors (Lipinski definition) is 4. The first-order chi connectivity index (χ1) is 14.6. The van der Waals surface area contributed by atoms with Crippen LogP contribution < -0.4 is 5.32 Å². The molecule has 1 aliphatic carbocycles. The van der Waals surface area contributed by atoms with Crippen molar-refractivity contribution in [1.29, 1.82) is 0 Å². The van der Waals surface area contributed by atoms with Gasteiger partial charge in [0.05, 0.1) is 4.90 Å². The van der Waals surface area contributed by atoms with Crippen LogP contribution in [0.4, 0.5) is 0 Å². The second-order valence-corrected chi connectivity index (χ2v) is 10.8. The molecule has 160 valence electrons. The largest absolute Gasteiger partial charge is 0.467 e. The van der Waals surface area contributed by atoms with Crippen molar-refractivity contribution < 1.29 is 13.2 Å². The van der Waals surface area contributed by atoms with Crippen LogP contribution in [-0.4, -0.2) is 38.1 Å². The maximum atomic E-state index is 13.3.